The van der Waals surface area contributed by atoms with Crippen molar-refractivity contribution in [1.82, 2.24) is 5.32 Å². The molecule has 172 valence electrons. The summed E-state index contributed by atoms with van der Waals surface area (Å²) in [6, 6.07) is 5.66. The third-order valence-electron chi connectivity index (χ3n) is 6.39. The molecule has 7 heteroatoms. The molecule has 3 aliphatic rings. The Labute approximate surface area is 197 Å². The van der Waals surface area contributed by atoms with E-state index in [1.54, 1.807) is 7.11 Å². The Morgan fingerprint density at radius 2 is 2.09 bits per heavy atom. The third kappa shape index (κ3) is 4.50. The lowest BCUT2D eigenvalue weighted by atomic mass is 9.68. The number of Topliss-reactive ketones (excluding diaryl/α,β-unsaturated/α-hetero) is 1. The highest BCUT2D eigenvalue weighted by atomic mass is 79.9. The molecule has 2 heterocycles. The number of methoxy groups -OCH3 is 1. The molecule has 1 aromatic rings. The summed E-state index contributed by atoms with van der Waals surface area (Å²) in [5, 5.41) is 3.37. The standard InChI is InChI=1S/C25H30BrNO5/c1-14-21(24(29)32-13-16-6-5-9-31-16)22(17-10-15(26)7-8-20(17)30-4)23-18(27-14)11-25(2,3)12-19(23)28/h7-8,10,16,22,27H,5-6,9,11-13H2,1-4H3. The Morgan fingerprint density at radius 1 is 1.31 bits per heavy atom. The van der Waals surface area contributed by atoms with Gasteiger partial charge in [0, 0.05) is 40.0 Å². The quantitative estimate of drug-likeness (QED) is 0.582. The lowest BCUT2D eigenvalue weighted by Crippen LogP contribution is -2.39. The Morgan fingerprint density at radius 3 is 2.78 bits per heavy atom. The Balaban J connectivity index is 1.78. The minimum atomic E-state index is -0.556. The minimum absolute atomic E-state index is 0.0488. The van der Waals surface area contributed by atoms with E-state index in [0.29, 0.717) is 35.6 Å². The summed E-state index contributed by atoms with van der Waals surface area (Å²) in [6.07, 6.45) is 2.95. The Bertz CT molecular complexity index is 1000. The van der Waals surface area contributed by atoms with Crippen LogP contribution in [0.4, 0.5) is 0 Å². The number of carbonyl (C=O) groups excluding carboxylic acids is 2. The van der Waals surface area contributed by atoms with Gasteiger partial charge in [-0.25, -0.2) is 4.79 Å². The van der Waals surface area contributed by atoms with Crippen LogP contribution in [0, 0.1) is 5.41 Å². The zero-order valence-corrected chi connectivity index (χ0v) is 20.6. The van der Waals surface area contributed by atoms with Gasteiger partial charge >= 0.3 is 5.97 Å². The molecular formula is C25H30BrNO5. The molecule has 6 nitrogen and oxygen atoms in total. The van der Waals surface area contributed by atoms with Crippen molar-refractivity contribution in [2.24, 2.45) is 5.41 Å². The molecule has 1 saturated heterocycles. The van der Waals surface area contributed by atoms with Gasteiger partial charge in [-0.15, -0.1) is 0 Å². The van der Waals surface area contributed by atoms with Gasteiger partial charge in [-0.2, -0.15) is 0 Å². The van der Waals surface area contributed by atoms with Crippen molar-refractivity contribution in [2.75, 3.05) is 20.3 Å². The van der Waals surface area contributed by atoms with Crippen molar-refractivity contribution in [3.8, 4) is 5.75 Å². The number of benzene rings is 1. The van der Waals surface area contributed by atoms with E-state index in [4.69, 9.17) is 14.2 Å². The molecule has 1 aromatic carbocycles. The first kappa shape index (κ1) is 23.1. The van der Waals surface area contributed by atoms with Crippen LogP contribution in [0.15, 0.2) is 45.2 Å². The van der Waals surface area contributed by atoms with Crippen molar-refractivity contribution in [3.63, 3.8) is 0 Å². The van der Waals surface area contributed by atoms with E-state index in [1.165, 1.54) is 0 Å². The van der Waals surface area contributed by atoms with Crippen LogP contribution in [-0.4, -0.2) is 38.2 Å². The number of ketones is 1. The highest BCUT2D eigenvalue weighted by Crippen LogP contribution is 2.49. The van der Waals surface area contributed by atoms with Crippen LogP contribution in [0.2, 0.25) is 0 Å². The number of esters is 1. The predicted molar refractivity (Wildman–Crippen MR) is 124 cm³/mol. The fourth-order valence-electron chi connectivity index (χ4n) is 4.97. The van der Waals surface area contributed by atoms with Crippen molar-refractivity contribution in [1.29, 1.82) is 0 Å². The van der Waals surface area contributed by atoms with E-state index in [-0.39, 0.29) is 23.9 Å². The van der Waals surface area contributed by atoms with Crippen molar-refractivity contribution in [3.05, 3.63) is 50.8 Å². The summed E-state index contributed by atoms with van der Waals surface area (Å²) in [5.41, 5.74) is 3.30. The van der Waals surface area contributed by atoms with E-state index in [1.807, 2.05) is 25.1 Å². The molecule has 0 saturated carbocycles. The first-order chi connectivity index (χ1) is 15.2. The van der Waals surface area contributed by atoms with E-state index in [0.717, 1.165) is 35.0 Å². The van der Waals surface area contributed by atoms with E-state index >= 15 is 0 Å². The number of hydrogen-bond donors (Lipinski definition) is 1. The van der Waals surface area contributed by atoms with Crippen LogP contribution >= 0.6 is 15.9 Å². The Kier molecular flexibility index (Phi) is 6.50. The van der Waals surface area contributed by atoms with Gasteiger partial charge in [0.1, 0.15) is 12.4 Å². The van der Waals surface area contributed by atoms with Crippen LogP contribution in [0.3, 0.4) is 0 Å². The van der Waals surface area contributed by atoms with Crippen LogP contribution in [0.1, 0.15) is 57.9 Å². The maximum absolute atomic E-state index is 13.4. The van der Waals surface area contributed by atoms with Gasteiger partial charge < -0.3 is 19.5 Å². The second kappa shape index (κ2) is 9.02. The second-order valence-corrected chi connectivity index (χ2v) is 10.5. The number of ether oxygens (including phenoxy) is 3. The minimum Gasteiger partial charge on any atom is -0.496 e. The average molecular weight is 504 g/mol. The van der Waals surface area contributed by atoms with Gasteiger partial charge in [0.05, 0.1) is 24.7 Å². The number of allylic oxidation sites excluding steroid dienone is 3. The first-order valence-corrected chi connectivity index (χ1v) is 11.9. The van der Waals surface area contributed by atoms with Crippen LogP contribution in [-0.2, 0) is 19.1 Å². The molecule has 0 spiro atoms. The molecule has 0 amide bonds. The van der Waals surface area contributed by atoms with Crippen molar-refractivity contribution >= 4 is 27.7 Å². The molecule has 1 aliphatic carbocycles. The van der Waals surface area contributed by atoms with Crippen LogP contribution < -0.4 is 10.1 Å². The molecule has 0 radical (unpaired) electrons. The number of carbonyl (C=O) groups is 2. The molecule has 0 bridgehead atoms. The zero-order chi connectivity index (χ0) is 23.0. The highest BCUT2D eigenvalue weighted by Gasteiger charge is 2.44. The molecular weight excluding hydrogens is 474 g/mol. The molecule has 4 rings (SSSR count). The molecule has 32 heavy (non-hydrogen) atoms. The molecule has 1 fully saturated rings. The van der Waals surface area contributed by atoms with E-state index < -0.39 is 11.9 Å². The number of dihydropyridines is 1. The summed E-state index contributed by atoms with van der Waals surface area (Å²) < 4.78 is 17.8. The number of nitrogens with one attached hydrogen (secondary N) is 1. The van der Waals surface area contributed by atoms with E-state index in [2.05, 4.69) is 35.1 Å². The maximum atomic E-state index is 13.4. The van der Waals surface area contributed by atoms with E-state index in [9.17, 15) is 9.59 Å². The molecule has 2 unspecified atom stereocenters. The lowest BCUT2D eigenvalue weighted by Gasteiger charge is -2.39. The topological polar surface area (TPSA) is 73.9 Å². The summed E-state index contributed by atoms with van der Waals surface area (Å²) in [6.45, 7) is 6.97. The van der Waals surface area contributed by atoms with Crippen molar-refractivity contribution < 1.29 is 23.8 Å². The predicted octanol–water partition coefficient (Wildman–Crippen LogP) is 4.78. The van der Waals surface area contributed by atoms with Gasteiger partial charge in [0.25, 0.3) is 0 Å². The number of halogens is 1. The van der Waals surface area contributed by atoms with Crippen LogP contribution in [0.5, 0.6) is 5.75 Å². The lowest BCUT2D eigenvalue weighted by molar-refractivity contribution is -0.142. The normalized spacial score (nSPS) is 24.8. The van der Waals surface area contributed by atoms with Gasteiger partial charge in [0.2, 0.25) is 0 Å². The highest BCUT2D eigenvalue weighted by molar-refractivity contribution is 9.10. The fourth-order valence-corrected chi connectivity index (χ4v) is 5.35. The van der Waals surface area contributed by atoms with Gasteiger partial charge in [-0.1, -0.05) is 29.8 Å². The van der Waals surface area contributed by atoms with Gasteiger partial charge in [-0.05, 0) is 49.8 Å². The maximum Gasteiger partial charge on any atom is 0.336 e. The second-order valence-electron chi connectivity index (χ2n) is 9.55. The fraction of sp³-hybridized carbons (Fsp3) is 0.520. The summed E-state index contributed by atoms with van der Waals surface area (Å²) >= 11 is 3.54. The average Bonchev–Trinajstić information content (AvgIpc) is 3.23. The first-order valence-electron chi connectivity index (χ1n) is 11.1. The third-order valence-corrected chi connectivity index (χ3v) is 6.88. The summed E-state index contributed by atoms with van der Waals surface area (Å²) in [7, 11) is 1.60. The SMILES string of the molecule is COc1ccc(Br)cc1C1C(C(=O)OCC2CCCO2)=C(C)NC2=C1C(=O)CC(C)(C)C2. The largest absolute Gasteiger partial charge is 0.496 e. The smallest absolute Gasteiger partial charge is 0.336 e. The summed E-state index contributed by atoms with van der Waals surface area (Å²) in [4.78, 5) is 26.8. The molecule has 0 aromatic heterocycles. The molecule has 2 aliphatic heterocycles. The van der Waals surface area contributed by atoms with Crippen LogP contribution in [0.25, 0.3) is 0 Å². The Hall–Kier alpha value is -2.12. The molecule has 1 N–H and O–H groups in total. The zero-order valence-electron chi connectivity index (χ0n) is 19.0. The van der Waals surface area contributed by atoms with Gasteiger partial charge in [0.15, 0.2) is 5.78 Å². The van der Waals surface area contributed by atoms with Crippen molar-refractivity contribution in [2.45, 2.75) is 58.5 Å². The van der Waals surface area contributed by atoms with Gasteiger partial charge in [-0.3, -0.25) is 4.79 Å². The molecule has 2 atom stereocenters. The monoisotopic (exact) mass is 503 g/mol. The number of rotatable bonds is 5. The summed E-state index contributed by atoms with van der Waals surface area (Å²) in [5.74, 6) is -0.310. The number of hydrogen-bond acceptors (Lipinski definition) is 6.